The molecule has 1 rings (SSSR count). The third-order valence-corrected chi connectivity index (χ3v) is 5.62. The van der Waals surface area contributed by atoms with E-state index in [0.29, 0.717) is 12.2 Å². The van der Waals surface area contributed by atoms with Gasteiger partial charge in [-0.3, -0.25) is 0 Å². The predicted octanol–water partition coefficient (Wildman–Crippen LogP) is 8.03. The Morgan fingerprint density at radius 3 is 1.42 bits per heavy atom. The van der Waals surface area contributed by atoms with Gasteiger partial charge in [0.25, 0.3) is 0 Å². The number of hydrogen-bond donors (Lipinski definition) is 0. The second-order valence-corrected chi connectivity index (χ2v) is 9.56. The predicted molar refractivity (Wildman–Crippen MR) is 114 cm³/mol. The summed E-state index contributed by atoms with van der Waals surface area (Å²) in [6, 6.07) is 0. The summed E-state index contributed by atoms with van der Waals surface area (Å²) in [5, 5.41) is 0. The van der Waals surface area contributed by atoms with Crippen LogP contribution in [0.3, 0.4) is 0 Å². The van der Waals surface area contributed by atoms with Crippen molar-refractivity contribution in [3.63, 3.8) is 0 Å². The van der Waals surface area contributed by atoms with Crippen molar-refractivity contribution in [2.45, 2.75) is 149 Å². The molecule has 0 spiro atoms. The molecule has 0 saturated carbocycles. The summed E-state index contributed by atoms with van der Waals surface area (Å²) in [6.07, 6.45) is 20.7. The van der Waals surface area contributed by atoms with Crippen LogP contribution in [0.4, 0.5) is 0 Å². The maximum Gasteiger partial charge on any atom is 0.163 e. The highest BCUT2D eigenvalue weighted by molar-refractivity contribution is 4.78. The van der Waals surface area contributed by atoms with Crippen LogP contribution in [0.25, 0.3) is 0 Å². The van der Waals surface area contributed by atoms with Crippen LogP contribution in [0.2, 0.25) is 0 Å². The molecule has 1 saturated heterocycles. The molecule has 26 heavy (non-hydrogen) atoms. The largest absolute Gasteiger partial charge is 0.349 e. The fourth-order valence-corrected chi connectivity index (χ4v) is 3.87. The monoisotopic (exact) mass is 368 g/mol. The van der Waals surface area contributed by atoms with Crippen molar-refractivity contribution in [2.75, 3.05) is 0 Å². The van der Waals surface area contributed by atoms with Gasteiger partial charge >= 0.3 is 0 Å². The summed E-state index contributed by atoms with van der Waals surface area (Å²) in [7, 11) is 0. The van der Waals surface area contributed by atoms with E-state index in [-0.39, 0.29) is 11.7 Å². The van der Waals surface area contributed by atoms with Crippen LogP contribution >= 0.6 is 0 Å². The molecule has 3 atom stereocenters. The summed E-state index contributed by atoms with van der Waals surface area (Å²) in [5.41, 5.74) is 0.0691. The molecule has 2 heteroatoms. The number of hydrogen-bond acceptors (Lipinski definition) is 2. The van der Waals surface area contributed by atoms with Gasteiger partial charge in [-0.05, 0) is 19.3 Å². The molecule has 0 radical (unpaired) electrons. The van der Waals surface area contributed by atoms with Crippen molar-refractivity contribution < 1.29 is 9.47 Å². The average molecular weight is 369 g/mol. The van der Waals surface area contributed by atoms with Gasteiger partial charge in [-0.25, -0.2) is 0 Å². The summed E-state index contributed by atoms with van der Waals surface area (Å²) in [6.45, 7) is 11.3. The lowest BCUT2D eigenvalue weighted by atomic mass is 9.92. The van der Waals surface area contributed by atoms with Crippen molar-refractivity contribution in [1.29, 1.82) is 0 Å². The molecular weight excluding hydrogens is 320 g/mol. The molecule has 0 N–H and O–H groups in total. The standard InChI is InChI=1S/C24H48O2/c1-6-8-10-12-13-14-15-17-19-22-20-21(18-16-11-9-7-2)25-23(26-22)24(3,4)5/h21-23H,6-20H2,1-5H3/t21-,22-,23-/m0/s1. The normalized spacial score (nSPS) is 24.1. The number of ether oxygens (including phenoxy) is 2. The first kappa shape index (κ1) is 24.0. The van der Waals surface area contributed by atoms with Crippen molar-refractivity contribution in [3.05, 3.63) is 0 Å². The first-order chi connectivity index (χ1) is 12.5. The zero-order chi connectivity index (χ0) is 19.3. The van der Waals surface area contributed by atoms with Crippen molar-refractivity contribution in [2.24, 2.45) is 5.41 Å². The molecule has 0 aromatic carbocycles. The minimum absolute atomic E-state index is 0.0357. The van der Waals surface area contributed by atoms with E-state index in [1.165, 1.54) is 89.9 Å². The molecule has 0 aromatic rings. The van der Waals surface area contributed by atoms with Crippen LogP contribution < -0.4 is 0 Å². The van der Waals surface area contributed by atoms with Gasteiger partial charge in [0.15, 0.2) is 6.29 Å². The van der Waals surface area contributed by atoms with Crippen LogP contribution in [0.1, 0.15) is 131 Å². The molecule has 1 heterocycles. The van der Waals surface area contributed by atoms with Gasteiger partial charge in [-0.1, -0.05) is 112 Å². The Labute approximate surface area is 164 Å². The molecule has 0 aromatic heterocycles. The third-order valence-electron chi connectivity index (χ3n) is 5.62. The smallest absolute Gasteiger partial charge is 0.163 e. The highest BCUT2D eigenvalue weighted by Crippen LogP contribution is 2.34. The molecule has 1 aliphatic rings. The average Bonchev–Trinajstić information content (AvgIpc) is 2.60. The Kier molecular flexibility index (Phi) is 12.9. The quantitative estimate of drug-likeness (QED) is 0.289. The lowest BCUT2D eigenvalue weighted by Crippen LogP contribution is -2.44. The fraction of sp³-hybridized carbons (Fsp3) is 1.00. The van der Waals surface area contributed by atoms with E-state index >= 15 is 0 Å². The van der Waals surface area contributed by atoms with E-state index in [4.69, 9.17) is 9.47 Å². The highest BCUT2D eigenvalue weighted by Gasteiger charge is 2.36. The number of unbranched alkanes of at least 4 members (excludes halogenated alkanes) is 10. The van der Waals surface area contributed by atoms with Crippen LogP contribution in [0, 0.1) is 5.41 Å². The molecule has 2 nitrogen and oxygen atoms in total. The summed E-state index contributed by atoms with van der Waals surface area (Å²) in [5.74, 6) is 0. The van der Waals surface area contributed by atoms with E-state index in [2.05, 4.69) is 34.6 Å². The Morgan fingerprint density at radius 1 is 0.615 bits per heavy atom. The lowest BCUT2D eigenvalue weighted by Gasteiger charge is -2.42. The first-order valence-electron chi connectivity index (χ1n) is 11.8. The van der Waals surface area contributed by atoms with Gasteiger partial charge in [0.2, 0.25) is 0 Å². The van der Waals surface area contributed by atoms with Crippen molar-refractivity contribution in [3.8, 4) is 0 Å². The topological polar surface area (TPSA) is 18.5 Å². The molecular formula is C24H48O2. The molecule has 156 valence electrons. The van der Waals surface area contributed by atoms with Gasteiger partial charge in [0.1, 0.15) is 0 Å². The fourth-order valence-electron chi connectivity index (χ4n) is 3.87. The summed E-state index contributed by atoms with van der Waals surface area (Å²) < 4.78 is 12.7. The van der Waals surface area contributed by atoms with Crippen LogP contribution in [-0.2, 0) is 9.47 Å². The van der Waals surface area contributed by atoms with E-state index in [1.807, 2.05) is 0 Å². The lowest BCUT2D eigenvalue weighted by molar-refractivity contribution is -0.281. The second kappa shape index (κ2) is 14.0. The maximum absolute atomic E-state index is 6.35. The van der Waals surface area contributed by atoms with Crippen molar-refractivity contribution >= 4 is 0 Å². The molecule has 1 fully saturated rings. The van der Waals surface area contributed by atoms with Gasteiger partial charge < -0.3 is 9.47 Å². The highest BCUT2D eigenvalue weighted by atomic mass is 16.7. The number of rotatable bonds is 14. The third kappa shape index (κ3) is 10.9. The Morgan fingerprint density at radius 2 is 1.00 bits per heavy atom. The maximum atomic E-state index is 6.35. The van der Waals surface area contributed by atoms with Crippen LogP contribution in [-0.4, -0.2) is 18.5 Å². The zero-order valence-electron chi connectivity index (χ0n) is 18.7. The van der Waals surface area contributed by atoms with Crippen molar-refractivity contribution in [1.82, 2.24) is 0 Å². The van der Waals surface area contributed by atoms with E-state index in [9.17, 15) is 0 Å². The van der Waals surface area contributed by atoms with Gasteiger partial charge in [0.05, 0.1) is 12.2 Å². The first-order valence-corrected chi connectivity index (χ1v) is 11.8. The van der Waals surface area contributed by atoms with E-state index < -0.39 is 0 Å². The molecule has 1 aliphatic heterocycles. The minimum Gasteiger partial charge on any atom is -0.349 e. The van der Waals surface area contributed by atoms with Gasteiger partial charge in [-0.2, -0.15) is 0 Å². The Bertz CT molecular complexity index is 321. The zero-order valence-corrected chi connectivity index (χ0v) is 18.7. The molecule has 0 amide bonds. The van der Waals surface area contributed by atoms with E-state index in [1.54, 1.807) is 0 Å². The van der Waals surface area contributed by atoms with E-state index in [0.717, 1.165) is 6.42 Å². The van der Waals surface area contributed by atoms with Gasteiger partial charge in [-0.15, -0.1) is 0 Å². The Balaban J connectivity index is 2.28. The summed E-state index contributed by atoms with van der Waals surface area (Å²) in [4.78, 5) is 0. The second-order valence-electron chi connectivity index (χ2n) is 9.56. The van der Waals surface area contributed by atoms with Gasteiger partial charge in [0, 0.05) is 5.41 Å². The molecule has 0 unspecified atom stereocenters. The Hall–Kier alpha value is -0.0800. The summed E-state index contributed by atoms with van der Waals surface area (Å²) >= 11 is 0. The molecule has 0 bridgehead atoms. The van der Waals surface area contributed by atoms with Crippen LogP contribution in [0.5, 0.6) is 0 Å². The SMILES string of the molecule is CCCCCCCCCC[C@H]1C[C@H](CCCCCC)O[C@H](C(C)(C)C)O1. The minimum atomic E-state index is -0.0357. The van der Waals surface area contributed by atoms with Crippen LogP contribution in [0.15, 0.2) is 0 Å². The molecule has 0 aliphatic carbocycles.